The molecule has 1 atom stereocenters. The molecule has 1 N–H and O–H groups in total. The maximum atomic E-state index is 14.1. The molecule has 0 fully saturated rings. The Morgan fingerprint density at radius 3 is 2.30 bits per heavy atom. The molecule has 2 aromatic carbocycles. The van der Waals surface area contributed by atoms with Crippen LogP contribution in [-0.2, 0) is 0 Å². The van der Waals surface area contributed by atoms with Gasteiger partial charge < -0.3 is 5.32 Å². The quantitative estimate of drug-likeness (QED) is 0.880. The second-order valence-corrected chi connectivity index (χ2v) is 4.80. The Morgan fingerprint density at radius 2 is 1.65 bits per heavy atom. The molecule has 20 heavy (non-hydrogen) atoms. The van der Waals surface area contributed by atoms with Crippen LogP contribution in [-0.4, -0.2) is 7.05 Å². The van der Waals surface area contributed by atoms with Crippen LogP contribution in [0.25, 0.3) is 11.1 Å². The normalized spacial score (nSPS) is 12.5. The van der Waals surface area contributed by atoms with Gasteiger partial charge in [-0.15, -0.1) is 0 Å². The molecule has 2 aromatic rings. The Labute approximate surface area is 116 Å². The highest BCUT2D eigenvalue weighted by molar-refractivity contribution is 5.67. The Kier molecular flexibility index (Phi) is 4.14. The van der Waals surface area contributed by atoms with Crippen LogP contribution in [0.4, 0.5) is 13.2 Å². The first-order valence-electron chi connectivity index (χ1n) is 6.37. The molecule has 106 valence electrons. The predicted molar refractivity (Wildman–Crippen MR) is 74.0 cm³/mol. The first kappa shape index (κ1) is 14.6. The fourth-order valence-corrected chi connectivity index (χ4v) is 2.07. The molecule has 0 amide bonds. The third-order valence-electron chi connectivity index (χ3n) is 3.48. The average Bonchev–Trinajstić information content (AvgIpc) is 2.44. The average molecular weight is 279 g/mol. The summed E-state index contributed by atoms with van der Waals surface area (Å²) in [5.41, 5.74) is 0.688. The van der Waals surface area contributed by atoms with Gasteiger partial charge in [-0.25, -0.2) is 13.2 Å². The summed E-state index contributed by atoms with van der Waals surface area (Å²) in [5.74, 6) is -2.13. The summed E-state index contributed by atoms with van der Waals surface area (Å²) < 4.78 is 42.0. The molecule has 0 heterocycles. The van der Waals surface area contributed by atoms with Crippen LogP contribution < -0.4 is 5.32 Å². The molecule has 0 spiro atoms. The molecule has 0 aliphatic rings. The van der Waals surface area contributed by atoms with Crippen LogP contribution in [0.3, 0.4) is 0 Å². The maximum Gasteiger partial charge on any atom is 0.136 e. The van der Waals surface area contributed by atoms with E-state index in [2.05, 4.69) is 5.32 Å². The van der Waals surface area contributed by atoms with Crippen molar-refractivity contribution in [2.24, 2.45) is 0 Å². The van der Waals surface area contributed by atoms with E-state index in [-0.39, 0.29) is 22.7 Å². The van der Waals surface area contributed by atoms with Crippen LogP contribution in [0.15, 0.2) is 30.3 Å². The van der Waals surface area contributed by atoms with Gasteiger partial charge in [0.05, 0.1) is 5.56 Å². The predicted octanol–water partition coefficient (Wildman–Crippen LogP) is 4.36. The van der Waals surface area contributed by atoms with Crippen molar-refractivity contribution < 1.29 is 13.2 Å². The van der Waals surface area contributed by atoms with Gasteiger partial charge in [0.25, 0.3) is 0 Å². The lowest BCUT2D eigenvalue weighted by atomic mass is 9.97. The van der Waals surface area contributed by atoms with E-state index in [0.29, 0.717) is 0 Å². The molecule has 1 nitrogen and oxygen atoms in total. The molecular weight excluding hydrogens is 263 g/mol. The van der Waals surface area contributed by atoms with Gasteiger partial charge >= 0.3 is 0 Å². The third-order valence-corrected chi connectivity index (χ3v) is 3.48. The first-order valence-corrected chi connectivity index (χ1v) is 6.37. The highest BCUT2D eigenvalue weighted by Crippen LogP contribution is 2.31. The number of aryl methyl sites for hydroxylation is 1. The monoisotopic (exact) mass is 279 g/mol. The minimum Gasteiger partial charge on any atom is -0.313 e. The van der Waals surface area contributed by atoms with Crippen LogP contribution in [0.2, 0.25) is 0 Å². The number of halogens is 3. The standard InChI is InChI=1S/C16H16F3N/c1-9-4-6-14(18)15(16(9)19)12-8-11(10(2)20-3)5-7-13(12)17/h4-8,10,20H,1-3H3. The van der Waals surface area contributed by atoms with Gasteiger partial charge in [0, 0.05) is 11.6 Å². The summed E-state index contributed by atoms with van der Waals surface area (Å²) in [4.78, 5) is 0. The van der Waals surface area contributed by atoms with E-state index < -0.39 is 17.5 Å². The summed E-state index contributed by atoms with van der Waals surface area (Å²) in [7, 11) is 1.77. The van der Waals surface area contributed by atoms with Crippen molar-refractivity contribution in [2.45, 2.75) is 19.9 Å². The van der Waals surface area contributed by atoms with Gasteiger partial charge in [-0.1, -0.05) is 12.1 Å². The topological polar surface area (TPSA) is 12.0 Å². The smallest absolute Gasteiger partial charge is 0.136 e. The van der Waals surface area contributed by atoms with E-state index in [4.69, 9.17) is 0 Å². The second kappa shape index (κ2) is 5.67. The lowest BCUT2D eigenvalue weighted by Crippen LogP contribution is -2.12. The van der Waals surface area contributed by atoms with Crippen molar-refractivity contribution >= 4 is 0 Å². The zero-order valence-electron chi connectivity index (χ0n) is 11.6. The summed E-state index contributed by atoms with van der Waals surface area (Å²) in [5, 5.41) is 3.01. The minimum absolute atomic E-state index is 0.0368. The highest BCUT2D eigenvalue weighted by atomic mass is 19.1. The zero-order chi connectivity index (χ0) is 14.9. The van der Waals surface area contributed by atoms with Gasteiger partial charge in [0.2, 0.25) is 0 Å². The van der Waals surface area contributed by atoms with E-state index in [1.54, 1.807) is 13.1 Å². The van der Waals surface area contributed by atoms with Gasteiger partial charge in [-0.05, 0) is 50.2 Å². The molecule has 0 bridgehead atoms. The molecule has 0 aliphatic heterocycles. The summed E-state index contributed by atoms with van der Waals surface area (Å²) in [6.07, 6.45) is 0. The fraction of sp³-hybridized carbons (Fsp3) is 0.250. The molecule has 2 rings (SSSR count). The van der Waals surface area contributed by atoms with Gasteiger partial charge in [0.1, 0.15) is 17.5 Å². The molecule has 0 saturated carbocycles. The molecule has 0 radical (unpaired) electrons. The molecule has 0 aliphatic carbocycles. The third kappa shape index (κ3) is 2.56. The number of rotatable bonds is 3. The van der Waals surface area contributed by atoms with E-state index in [9.17, 15) is 13.2 Å². The number of benzene rings is 2. The molecular formula is C16H16F3N. The van der Waals surface area contributed by atoms with Crippen LogP contribution in [0.5, 0.6) is 0 Å². The lowest BCUT2D eigenvalue weighted by molar-refractivity contribution is 0.576. The zero-order valence-corrected chi connectivity index (χ0v) is 11.6. The first-order chi connectivity index (χ1) is 9.45. The van der Waals surface area contributed by atoms with Crippen molar-refractivity contribution in [3.63, 3.8) is 0 Å². The number of nitrogens with one attached hydrogen (secondary N) is 1. The van der Waals surface area contributed by atoms with Gasteiger partial charge in [0.15, 0.2) is 0 Å². The van der Waals surface area contributed by atoms with E-state index in [1.165, 1.54) is 25.1 Å². The molecule has 0 aromatic heterocycles. The Balaban J connectivity index is 2.66. The minimum atomic E-state index is -0.763. The van der Waals surface area contributed by atoms with Crippen molar-refractivity contribution in [1.29, 1.82) is 0 Å². The molecule has 4 heteroatoms. The summed E-state index contributed by atoms with van der Waals surface area (Å²) in [6, 6.07) is 6.78. The van der Waals surface area contributed by atoms with Crippen LogP contribution in [0.1, 0.15) is 24.1 Å². The van der Waals surface area contributed by atoms with Crippen molar-refractivity contribution in [3.8, 4) is 11.1 Å². The van der Waals surface area contributed by atoms with Crippen molar-refractivity contribution in [2.75, 3.05) is 7.05 Å². The highest BCUT2D eigenvalue weighted by Gasteiger charge is 2.18. The van der Waals surface area contributed by atoms with Gasteiger partial charge in [-0.2, -0.15) is 0 Å². The summed E-state index contributed by atoms with van der Waals surface area (Å²) in [6.45, 7) is 3.41. The maximum absolute atomic E-state index is 14.1. The van der Waals surface area contributed by atoms with Crippen LogP contribution in [0, 0.1) is 24.4 Å². The van der Waals surface area contributed by atoms with Crippen molar-refractivity contribution in [1.82, 2.24) is 5.32 Å². The molecule has 1 unspecified atom stereocenters. The Hall–Kier alpha value is -1.81. The SMILES string of the molecule is CNC(C)c1ccc(F)c(-c2c(F)ccc(C)c2F)c1. The van der Waals surface area contributed by atoms with Crippen LogP contribution >= 0.6 is 0 Å². The van der Waals surface area contributed by atoms with E-state index >= 15 is 0 Å². The Morgan fingerprint density at radius 1 is 1.00 bits per heavy atom. The lowest BCUT2D eigenvalue weighted by Gasteiger charge is -2.14. The second-order valence-electron chi connectivity index (χ2n) is 4.80. The Bertz CT molecular complexity index is 638. The number of hydrogen-bond donors (Lipinski definition) is 1. The van der Waals surface area contributed by atoms with E-state index in [1.807, 2.05) is 6.92 Å². The fourth-order valence-electron chi connectivity index (χ4n) is 2.07. The molecule has 0 saturated heterocycles. The largest absolute Gasteiger partial charge is 0.313 e. The van der Waals surface area contributed by atoms with E-state index in [0.717, 1.165) is 11.6 Å². The number of hydrogen-bond acceptors (Lipinski definition) is 1. The van der Waals surface area contributed by atoms with Gasteiger partial charge in [-0.3, -0.25) is 0 Å². The summed E-state index contributed by atoms with van der Waals surface area (Å²) >= 11 is 0. The van der Waals surface area contributed by atoms with Crippen molar-refractivity contribution in [3.05, 3.63) is 58.9 Å².